The van der Waals surface area contributed by atoms with Gasteiger partial charge in [-0.05, 0) is 48.2 Å². The molecule has 1 aliphatic rings. The predicted molar refractivity (Wildman–Crippen MR) is 111 cm³/mol. The van der Waals surface area contributed by atoms with Gasteiger partial charge in [-0.1, -0.05) is 29.8 Å². The molecule has 1 fully saturated rings. The zero-order chi connectivity index (χ0) is 22.8. The van der Waals surface area contributed by atoms with Gasteiger partial charge in [0.25, 0.3) is 0 Å². The molecule has 0 radical (unpaired) electrons. The topological polar surface area (TPSA) is 50.8 Å². The van der Waals surface area contributed by atoms with Crippen LogP contribution in [0, 0.1) is 19.8 Å². The van der Waals surface area contributed by atoms with Crippen LogP contribution in [0.15, 0.2) is 30.3 Å². The van der Waals surface area contributed by atoms with Crippen molar-refractivity contribution in [1.29, 1.82) is 0 Å². The summed E-state index contributed by atoms with van der Waals surface area (Å²) in [4.78, 5) is 13.8. The number of nitrogens with zero attached hydrogens (tertiary/aromatic N) is 1. The van der Waals surface area contributed by atoms with E-state index in [0.29, 0.717) is 5.56 Å². The number of aryl methyl sites for hydroxylation is 2. The van der Waals surface area contributed by atoms with Crippen molar-refractivity contribution in [2.45, 2.75) is 33.4 Å². The number of carbonyl (C=O) groups excluding carboxylic acids is 1. The molecule has 0 aliphatic carbocycles. The molecule has 31 heavy (non-hydrogen) atoms. The first-order valence-corrected chi connectivity index (χ1v) is 10.1. The van der Waals surface area contributed by atoms with Gasteiger partial charge in [-0.2, -0.15) is 0 Å². The third-order valence-electron chi connectivity index (χ3n) is 5.11. The number of amides is 1. The molecule has 2 aromatic carbocycles. The molecule has 3 rings (SSSR count). The van der Waals surface area contributed by atoms with Crippen LogP contribution in [0.1, 0.15) is 22.3 Å². The maximum absolute atomic E-state index is 12.4. The maximum Gasteiger partial charge on any atom is 0.573 e. The van der Waals surface area contributed by atoms with Crippen molar-refractivity contribution in [3.8, 4) is 11.5 Å². The van der Waals surface area contributed by atoms with E-state index in [1.54, 1.807) is 7.05 Å². The molecule has 0 atom stereocenters. The molecule has 0 saturated carbocycles. The number of alkyl halides is 3. The lowest BCUT2D eigenvalue weighted by Gasteiger charge is -2.38. The first-order chi connectivity index (χ1) is 14.6. The molecule has 1 heterocycles. The van der Waals surface area contributed by atoms with Crippen molar-refractivity contribution in [3.05, 3.63) is 57.6 Å². The van der Waals surface area contributed by atoms with Gasteiger partial charge >= 0.3 is 6.36 Å². The van der Waals surface area contributed by atoms with Gasteiger partial charge in [-0.15, -0.1) is 13.2 Å². The Bertz CT molecular complexity index is 936. The molecule has 1 saturated heterocycles. The number of hydrogen-bond donors (Lipinski definition) is 1. The van der Waals surface area contributed by atoms with Gasteiger partial charge in [0.15, 0.2) is 0 Å². The van der Waals surface area contributed by atoms with Crippen molar-refractivity contribution >= 4 is 17.5 Å². The number of carbonyl (C=O) groups is 1. The van der Waals surface area contributed by atoms with Crippen molar-refractivity contribution in [2.24, 2.45) is 5.92 Å². The lowest BCUT2D eigenvalue weighted by molar-refractivity contribution is -0.274. The summed E-state index contributed by atoms with van der Waals surface area (Å²) in [5.74, 6) is 0.404. The predicted octanol–water partition coefficient (Wildman–Crippen LogP) is 4.61. The molecule has 1 amide bonds. The fourth-order valence-corrected chi connectivity index (χ4v) is 3.92. The van der Waals surface area contributed by atoms with Crippen LogP contribution in [0.2, 0.25) is 5.02 Å². The highest BCUT2D eigenvalue weighted by molar-refractivity contribution is 6.32. The Morgan fingerprint density at radius 2 is 1.81 bits per heavy atom. The Hall–Kier alpha value is -2.45. The minimum absolute atomic E-state index is 0.0505. The van der Waals surface area contributed by atoms with Crippen LogP contribution in [0.3, 0.4) is 0 Å². The first-order valence-electron chi connectivity index (χ1n) is 9.76. The van der Waals surface area contributed by atoms with Gasteiger partial charge in [0.05, 0.1) is 10.9 Å². The molecule has 1 N–H and O–H groups in total. The zero-order valence-corrected chi connectivity index (χ0v) is 18.2. The zero-order valence-electron chi connectivity index (χ0n) is 17.5. The Morgan fingerprint density at radius 3 is 2.35 bits per heavy atom. The SMILES string of the molecule is CNC(=O)C1CN(Cc2cc(C)c(OCc3ccc(OC(F)(F)F)c(Cl)c3)c(C)c2)C1. The number of rotatable bonds is 7. The number of benzene rings is 2. The quantitative estimate of drug-likeness (QED) is 0.661. The largest absolute Gasteiger partial charge is 0.573 e. The van der Waals surface area contributed by atoms with E-state index in [4.69, 9.17) is 16.3 Å². The number of halogens is 4. The van der Waals surface area contributed by atoms with Gasteiger partial charge in [0.2, 0.25) is 5.91 Å². The Kier molecular flexibility index (Phi) is 7.01. The van der Waals surface area contributed by atoms with Crippen LogP contribution < -0.4 is 14.8 Å². The number of nitrogens with one attached hydrogen (secondary N) is 1. The molecular weight excluding hydrogens is 433 g/mol. The second-order valence-corrected chi connectivity index (χ2v) is 8.07. The summed E-state index contributed by atoms with van der Waals surface area (Å²) in [6.07, 6.45) is -4.79. The van der Waals surface area contributed by atoms with E-state index in [1.807, 2.05) is 26.0 Å². The average Bonchev–Trinajstić information content (AvgIpc) is 2.64. The number of hydrogen-bond acceptors (Lipinski definition) is 4. The standard InChI is InChI=1S/C22H24ClF3N2O3/c1-13-6-16(9-28-10-17(11-28)21(29)27-3)7-14(2)20(13)30-12-15-4-5-19(18(23)8-15)31-22(24,25)26/h4-8,17H,9-12H2,1-3H3,(H,27,29). The molecule has 0 aromatic heterocycles. The van der Waals surface area contributed by atoms with E-state index in [-0.39, 0.29) is 23.5 Å². The summed E-state index contributed by atoms with van der Waals surface area (Å²) >= 11 is 5.90. The molecule has 0 bridgehead atoms. The normalized spacial score (nSPS) is 14.8. The number of likely N-dealkylation sites (tertiary alicyclic amines) is 1. The molecular formula is C22H24ClF3N2O3. The summed E-state index contributed by atoms with van der Waals surface area (Å²) in [7, 11) is 1.65. The van der Waals surface area contributed by atoms with Gasteiger partial charge in [0, 0.05) is 26.7 Å². The molecule has 9 heteroatoms. The Balaban J connectivity index is 1.60. The highest BCUT2D eigenvalue weighted by Gasteiger charge is 2.32. The third kappa shape index (κ3) is 6.04. The van der Waals surface area contributed by atoms with Crippen LogP contribution in [-0.2, 0) is 17.9 Å². The van der Waals surface area contributed by atoms with Crippen molar-refractivity contribution in [2.75, 3.05) is 20.1 Å². The van der Waals surface area contributed by atoms with E-state index in [0.717, 1.165) is 42.1 Å². The second kappa shape index (κ2) is 9.36. The Morgan fingerprint density at radius 1 is 1.16 bits per heavy atom. The second-order valence-electron chi connectivity index (χ2n) is 7.67. The number of ether oxygens (including phenoxy) is 2. The first kappa shape index (κ1) is 23.2. The summed E-state index contributed by atoms with van der Waals surface area (Å²) in [6, 6.07) is 8.15. The smallest absolute Gasteiger partial charge is 0.488 e. The van der Waals surface area contributed by atoms with E-state index >= 15 is 0 Å². The van der Waals surface area contributed by atoms with Crippen LogP contribution in [0.4, 0.5) is 13.2 Å². The van der Waals surface area contributed by atoms with Gasteiger partial charge in [-0.3, -0.25) is 9.69 Å². The molecule has 1 aliphatic heterocycles. The molecule has 5 nitrogen and oxygen atoms in total. The molecule has 0 spiro atoms. The van der Waals surface area contributed by atoms with Crippen LogP contribution in [-0.4, -0.2) is 37.3 Å². The van der Waals surface area contributed by atoms with E-state index in [1.165, 1.54) is 18.2 Å². The lowest BCUT2D eigenvalue weighted by Crippen LogP contribution is -2.52. The lowest BCUT2D eigenvalue weighted by atomic mass is 9.97. The minimum Gasteiger partial charge on any atom is -0.488 e. The molecule has 0 unspecified atom stereocenters. The highest BCUT2D eigenvalue weighted by atomic mass is 35.5. The van der Waals surface area contributed by atoms with Crippen molar-refractivity contribution in [1.82, 2.24) is 10.2 Å². The van der Waals surface area contributed by atoms with E-state index in [9.17, 15) is 18.0 Å². The fraction of sp³-hybridized carbons (Fsp3) is 0.409. The molecule has 2 aromatic rings. The fourth-order valence-electron chi connectivity index (χ4n) is 3.68. The van der Waals surface area contributed by atoms with Gasteiger partial charge in [0.1, 0.15) is 18.1 Å². The monoisotopic (exact) mass is 456 g/mol. The van der Waals surface area contributed by atoms with Crippen LogP contribution in [0.5, 0.6) is 11.5 Å². The summed E-state index contributed by atoms with van der Waals surface area (Å²) in [5.41, 5.74) is 3.68. The average molecular weight is 457 g/mol. The summed E-state index contributed by atoms with van der Waals surface area (Å²) < 4.78 is 46.9. The van der Waals surface area contributed by atoms with Crippen molar-refractivity contribution in [3.63, 3.8) is 0 Å². The van der Waals surface area contributed by atoms with Crippen molar-refractivity contribution < 1.29 is 27.4 Å². The van der Waals surface area contributed by atoms with Gasteiger partial charge < -0.3 is 14.8 Å². The Labute approximate surface area is 184 Å². The summed E-state index contributed by atoms with van der Waals surface area (Å²) in [6.45, 7) is 6.29. The molecule has 168 valence electrons. The van der Waals surface area contributed by atoms with Crippen LogP contribution >= 0.6 is 11.6 Å². The minimum atomic E-state index is -4.79. The maximum atomic E-state index is 12.4. The van der Waals surface area contributed by atoms with E-state index in [2.05, 4.69) is 15.0 Å². The van der Waals surface area contributed by atoms with Crippen LogP contribution in [0.25, 0.3) is 0 Å². The van der Waals surface area contributed by atoms with Gasteiger partial charge in [-0.25, -0.2) is 0 Å². The highest BCUT2D eigenvalue weighted by Crippen LogP contribution is 2.32. The summed E-state index contributed by atoms with van der Waals surface area (Å²) in [5, 5.41) is 2.54. The van der Waals surface area contributed by atoms with E-state index < -0.39 is 12.1 Å². The third-order valence-corrected chi connectivity index (χ3v) is 5.40.